The van der Waals surface area contributed by atoms with E-state index >= 15 is 0 Å². The molecule has 1 aromatic heterocycles. The quantitative estimate of drug-likeness (QED) is 0.751. The van der Waals surface area contributed by atoms with Crippen molar-refractivity contribution in [1.29, 1.82) is 0 Å². The van der Waals surface area contributed by atoms with Crippen molar-refractivity contribution < 1.29 is 9.59 Å². The van der Waals surface area contributed by atoms with E-state index in [9.17, 15) is 9.59 Å². The molecule has 0 spiro atoms. The van der Waals surface area contributed by atoms with Crippen LogP contribution in [0.15, 0.2) is 67.0 Å². The number of hydrogen-bond acceptors (Lipinski definition) is 3. The maximum Gasteiger partial charge on any atom is 0.259 e. The fourth-order valence-electron chi connectivity index (χ4n) is 3.41. The van der Waals surface area contributed by atoms with E-state index in [0.717, 1.165) is 24.1 Å². The second kappa shape index (κ2) is 7.64. The van der Waals surface area contributed by atoms with Crippen molar-refractivity contribution in [2.24, 2.45) is 0 Å². The Bertz CT molecular complexity index is 1030. The predicted molar refractivity (Wildman–Crippen MR) is 110 cm³/mol. The fourth-order valence-corrected chi connectivity index (χ4v) is 3.41. The molecule has 0 unspecified atom stereocenters. The Balaban J connectivity index is 1.52. The van der Waals surface area contributed by atoms with Crippen molar-refractivity contribution in [3.8, 4) is 0 Å². The monoisotopic (exact) mass is 371 g/mol. The lowest BCUT2D eigenvalue weighted by Gasteiger charge is -2.17. The van der Waals surface area contributed by atoms with Crippen molar-refractivity contribution in [3.63, 3.8) is 0 Å². The first-order chi connectivity index (χ1) is 13.7. The maximum absolute atomic E-state index is 13.0. The first kappa shape index (κ1) is 17.9. The average molecular weight is 371 g/mol. The number of amides is 2. The van der Waals surface area contributed by atoms with Crippen LogP contribution in [0.25, 0.3) is 0 Å². The first-order valence-corrected chi connectivity index (χ1v) is 9.41. The smallest absolute Gasteiger partial charge is 0.259 e. The topological polar surface area (TPSA) is 62.3 Å². The minimum atomic E-state index is -0.284. The summed E-state index contributed by atoms with van der Waals surface area (Å²) in [4.78, 5) is 31.4. The van der Waals surface area contributed by atoms with Crippen molar-refractivity contribution in [1.82, 2.24) is 4.98 Å². The number of anilines is 2. The normalized spacial score (nSPS) is 12.5. The minimum absolute atomic E-state index is 0.139. The van der Waals surface area contributed by atoms with E-state index in [1.165, 1.54) is 18.0 Å². The van der Waals surface area contributed by atoms with Crippen molar-refractivity contribution in [2.75, 3.05) is 16.8 Å². The summed E-state index contributed by atoms with van der Waals surface area (Å²) in [6, 6.07) is 17.2. The molecule has 0 aliphatic carbocycles. The molecule has 1 aliphatic rings. The van der Waals surface area contributed by atoms with Gasteiger partial charge < -0.3 is 10.2 Å². The number of hydrogen-bond donors (Lipinski definition) is 1. The molecule has 0 fully saturated rings. The highest BCUT2D eigenvalue weighted by Gasteiger charge is 2.25. The van der Waals surface area contributed by atoms with Crippen LogP contribution in [-0.2, 0) is 12.8 Å². The van der Waals surface area contributed by atoms with Gasteiger partial charge in [0.2, 0.25) is 0 Å². The number of nitrogens with one attached hydrogen (secondary N) is 1. The number of carbonyl (C=O) groups excluding carboxylic acids is 2. The highest BCUT2D eigenvalue weighted by molar-refractivity contribution is 6.10. The van der Waals surface area contributed by atoms with Gasteiger partial charge in [0.25, 0.3) is 11.8 Å². The summed E-state index contributed by atoms with van der Waals surface area (Å²) in [5.41, 5.74) is 4.78. The predicted octanol–water partition coefficient (Wildman–Crippen LogP) is 4.10. The molecule has 3 aromatic rings. The number of aromatic nitrogens is 1. The van der Waals surface area contributed by atoms with Crippen molar-refractivity contribution >= 4 is 23.2 Å². The van der Waals surface area contributed by atoms with Gasteiger partial charge in [-0.05, 0) is 48.2 Å². The Kier molecular flexibility index (Phi) is 4.89. The lowest BCUT2D eigenvalue weighted by Crippen LogP contribution is -2.29. The SMILES string of the molecule is CCc1ccc(NC(=O)c2cncc(C(=O)N3CCc4ccccc43)c2)cc1. The van der Waals surface area contributed by atoms with Crippen LogP contribution in [0.2, 0.25) is 0 Å². The molecule has 0 radical (unpaired) electrons. The van der Waals surface area contributed by atoms with Gasteiger partial charge in [0.05, 0.1) is 11.1 Å². The van der Waals surface area contributed by atoms with E-state index < -0.39 is 0 Å². The largest absolute Gasteiger partial charge is 0.322 e. The molecule has 140 valence electrons. The first-order valence-electron chi connectivity index (χ1n) is 9.41. The molecule has 0 saturated carbocycles. The molecule has 0 saturated heterocycles. The number of aryl methyl sites for hydroxylation is 1. The van der Waals surface area contributed by atoms with E-state index in [1.54, 1.807) is 11.0 Å². The summed E-state index contributed by atoms with van der Waals surface area (Å²) in [6.07, 6.45) is 4.77. The molecular formula is C23H21N3O2. The molecular weight excluding hydrogens is 350 g/mol. The van der Waals surface area contributed by atoms with Gasteiger partial charge in [-0.1, -0.05) is 37.3 Å². The molecule has 2 aromatic carbocycles. The molecule has 1 N–H and O–H groups in total. The molecule has 5 heteroatoms. The van der Waals surface area contributed by atoms with Gasteiger partial charge >= 0.3 is 0 Å². The number of nitrogens with zero attached hydrogens (tertiary/aromatic N) is 2. The van der Waals surface area contributed by atoms with Crippen LogP contribution < -0.4 is 10.2 Å². The average Bonchev–Trinajstić information content (AvgIpc) is 3.18. The number of fused-ring (bicyclic) bond motifs is 1. The Labute approximate surface area is 164 Å². The lowest BCUT2D eigenvalue weighted by molar-refractivity contribution is 0.0989. The standard InChI is InChI=1S/C23H21N3O2/c1-2-16-7-9-20(10-8-16)25-22(27)18-13-19(15-24-14-18)23(28)26-12-11-17-5-3-4-6-21(17)26/h3-10,13-15H,2,11-12H2,1H3,(H,25,27). The van der Waals surface area contributed by atoms with Crippen LogP contribution in [0.1, 0.15) is 38.8 Å². The zero-order valence-electron chi connectivity index (χ0n) is 15.7. The second-order valence-corrected chi connectivity index (χ2v) is 6.80. The Morgan fingerprint density at radius 2 is 1.79 bits per heavy atom. The van der Waals surface area contributed by atoms with E-state index in [1.807, 2.05) is 48.5 Å². The summed E-state index contributed by atoms with van der Waals surface area (Å²) in [5, 5.41) is 2.86. The van der Waals surface area contributed by atoms with Crippen LogP contribution >= 0.6 is 0 Å². The van der Waals surface area contributed by atoms with E-state index in [-0.39, 0.29) is 11.8 Å². The number of pyridine rings is 1. The highest BCUT2D eigenvalue weighted by Crippen LogP contribution is 2.28. The van der Waals surface area contributed by atoms with Crippen molar-refractivity contribution in [2.45, 2.75) is 19.8 Å². The zero-order chi connectivity index (χ0) is 19.5. The van der Waals surface area contributed by atoms with Gasteiger partial charge in [0.15, 0.2) is 0 Å². The third kappa shape index (κ3) is 3.51. The molecule has 2 amide bonds. The summed E-state index contributed by atoms with van der Waals surface area (Å²) in [5.74, 6) is -0.424. The van der Waals surface area contributed by atoms with Gasteiger partial charge in [0.1, 0.15) is 0 Å². The molecule has 28 heavy (non-hydrogen) atoms. The molecule has 0 atom stereocenters. The third-order valence-electron chi connectivity index (χ3n) is 5.00. The fraction of sp³-hybridized carbons (Fsp3) is 0.174. The number of rotatable bonds is 4. The van der Waals surface area contributed by atoms with E-state index in [0.29, 0.717) is 23.4 Å². The number of para-hydroxylation sites is 1. The Hall–Kier alpha value is -3.47. The summed E-state index contributed by atoms with van der Waals surface area (Å²) in [7, 11) is 0. The van der Waals surface area contributed by atoms with Gasteiger partial charge in [-0.2, -0.15) is 0 Å². The van der Waals surface area contributed by atoms with Crippen LogP contribution in [-0.4, -0.2) is 23.3 Å². The Morgan fingerprint density at radius 1 is 1.04 bits per heavy atom. The van der Waals surface area contributed by atoms with Crippen LogP contribution in [0.4, 0.5) is 11.4 Å². The van der Waals surface area contributed by atoms with Gasteiger partial charge in [0, 0.05) is 30.3 Å². The summed E-state index contributed by atoms with van der Waals surface area (Å²) in [6.45, 7) is 2.72. The van der Waals surface area contributed by atoms with Crippen LogP contribution in [0, 0.1) is 0 Å². The summed E-state index contributed by atoms with van der Waals surface area (Å²) < 4.78 is 0. The molecule has 0 bridgehead atoms. The summed E-state index contributed by atoms with van der Waals surface area (Å²) >= 11 is 0. The minimum Gasteiger partial charge on any atom is -0.322 e. The number of benzene rings is 2. The molecule has 4 rings (SSSR count). The maximum atomic E-state index is 13.0. The highest BCUT2D eigenvalue weighted by atomic mass is 16.2. The zero-order valence-corrected chi connectivity index (χ0v) is 15.7. The lowest BCUT2D eigenvalue weighted by atomic mass is 10.1. The third-order valence-corrected chi connectivity index (χ3v) is 5.00. The van der Waals surface area contributed by atoms with Gasteiger partial charge in [-0.15, -0.1) is 0 Å². The Morgan fingerprint density at radius 3 is 2.57 bits per heavy atom. The second-order valence-electron chi connectivity index (χ2n) is 6.80. The van der Waals surface area contributed by atoms with Crippen LogP contribution in [0.5, 0.6) is 0 Å². The molecule has 5 nitrogen and oxygen atoms in total. The van der Waals surface area contributed by atoms with Gasteiger partial charge in [-0.3, -0.25) is 14.6 Å². The van der Waals surface area contributed by atoms with Crippen molar-refractivity contribution in [3.05, 3.63) is 89.2 Å². The molecule has 2 heterocycles. The van der Waals surface area contributed by atoms with E-state index in [4.69, 9.17) is 0 Å². The number of carbonyl (C=O) groups is 2. The van der Waals surface area contributed by atoms with E-state index in [2.05, 4.69) is 17.2 Å². The molecule has 1 aliphatic heterocycles. The van der Waals surface area contributed by atoms with Crippen LogP contribution in [0.3, 0.4) is 0 Å². The van der Waals surface area contributed by atoms with Gasteiger partial charge in [-0.25, -0.2) is 0 Å².